The highest BCUT2D eigenvalue weighted by Gasteiger charge is 2.30. The van der Waals surface area contributed by atoms with Gasteiger partial charge in [0.15, 0.2) is 0 Å². The summed E-state index contributed by atoms with van der Waals surface area (Å²) >= 11 is 0. The number of nitrogens with one attached hydrogen (secondary N) is 1. The quantitative estimate of drug-likeness (QED) is 0.839. The normalized spacial score (nSPS) is 26.2. The molecule has 4 heteroatoms. The first kappa shape index (κ1) is 11.5. The van der Waals surface area contributed by atoms with E-state index in [9.17, 15) is 0 Å². The minimum Gasteiger partial charge on any atom is -0.381 e. The van der Waals surface area contributed by atoms with E-state index in [4.69, 9.17) is 4.74 Å². The number of nitrogens with zero attached hydrogens (tertiary/aromatic N) is 2. The lowest BCUT2D eigenvalue weighted by molar-refractivity contribution is 0.0145. The standard InChI is InChI=1S/C12H19N3O/c1-8-12(14-5-4-13-8)9(2)15-10-6-11(7-10)16-3/h4-5,9-11,15H,6-7H2,1-3H3. The van der Waals surface area contributed by atoms with E-state index in [-0.39, 0.29) is 6.04 Å². The summed E-state index contributed by atoms with van der Waals surface area (Å²) in [5, 5.41) is 3.56. The third kappa shape index (κ3) is 2.39. The molecule has 1 heterocycles. The zero-order valence-electron chi connectivity index (χ0n) is 10.1. The van der Waals surface area contributed by atoms with Crippen LogP contribution < -0.4 is 5.32 Å². The summed E-state index contributed by atoms with van der Waals surface area (Å²) in [6.07, 6.45) is 6.11. The predicted molar refractivity (Wildman–Crippen MR) is 62.1 cm³/mol. The van der Waals surface area contributed by atoms with Crippen LogP contribution in [0.1, 0.15) is 37.2 Å². The highest BCUT2D eigenvalue weighted by Crippen LogP contribution is 2.25. The van der Waals surface area contributed by atoms with Crippen LogP contribution in [0.3, 0.4) is 0 Å². The van der Waals surface area contributed by atoms with E-state index in [2.05, 4.69) is 22.2 Å². The Hall–Kier alpha value is -1.00. The van der Waals surface area contributed by atoms with Crippen molar-refractivity contribution in [3.63, 3.8) is 0 Å². The maximum absolute atomic E-state index is 5.26. The van der Waals surface area contributed by atoms with Crippen LogP contribution in [-0.4, -0.2) is 29.2 Å². The van der Waals surface area contributed by atoms with Gasteiger partial charge >= 0.3 is 0 Å². The van der Waals surface area contributed by atoms with Crippen molar-refractivity contribution >= 4 is 0 Å². The van der Waals surface area contributed by atoms with Crippen LogP contribution in [0.2, 0.25) is 0 Å². The number of aromatic nitrogens is 2. The van der Waals surface area contributed by atoms with Gasteiger partial charge < -0.3 is 10.1 Å². The van der Waals surface area contributed by atoms with Gasteiger partial charge in [0.25, 0.3) is 0 Å². The number of hydrogen-bond acceptors (Lipinski definition) is 4. The van der Waals surface area contributed by atoms with Crippen LogP contribution in [-0.2, 0) is 4.74 Å². The fourth-order valence-electron chi connectivity index (χ4n) is 2.17. The van der Waals surface area contributed by atoms with Crippen molar-refractivity contribution in [2.24, 2.45) is 0 Å². The topological polar surface area (TPSA) is 47.0 Å². The van der Waals surface area contributed by atoms with Crippen LogP contribution in [0.5, 0.6) is 0 Å². The first-order chi connectivity index (χ1) is 7.70. The molecule has 1 aliphatic carbocycles. The molecule has 0 saturated heterocycles. The van der Waals surface area contributed by atoms with Crippen molar-refractivity contribution in [1.29, 1.82) is 0 Å². The van der Waals surface area contributed by atoms with E-state index < -0.39 is 0 Å². The van der Waals surface area contributed by atoms with Gasteiger partial charge in [0, 0.05) is 31.6 Å². The van der Waals surface area contributed by atoms with E-state index in [0.29, 0.717) is 12.1 Å². The largest absolute Gasteiger partial charge is 0.381 e. The van der Waals surface area contributed by atoms with Gasteiger partial charge in [-0.1, -0.05) is 0 Å². The number of methoxy groups -OCH3 is 1. The van der Waals surface area contributed by atoms with E-state index in [1.165, 1.54) is 0 Å². The Bertz CT molecular complexity index is 350. The maximum Gasteiger partial charge on any atom is 0.0782 e. The molecule has 4 nitrogen and oxygen atoms in total. The van der Waals surface area contributed by atoms with Crippen LogP contribution in [0.15, 0.2) is 12.4 Å². The Morgan fingerprint density at radius 3 is 2.69 bits per heavy atom. The minimum absolute atomic E-state index is 0.261. The molecule has 0 amide bonds. The summed E-state index contributed by atoms with van der Waals surface area (Å²) in [5.74, 6) is 0. The van der Waals surface area contributed by atoms with Crippen molar-refractivity contribution < 1.29 is 4.74 Å². The molecule has 1 aromatic rings. The molecule has 88 valence electrons. The Balaban J connectivity index is 1.89. The highest BCUT2D eigenvalue weighted by molar-refractivity contribution is 5.13. The van der Waals surface area contributed by atoms with Gasteiger partial charge in [0.2, 0.25) is 0 Å². The minimum atomic E-state index is 0.261. The molecule has 16 heavy (non-hydrogen) atoms. The Labute approximate surface area is 96.4 Å². The van der Waals surface area contributed by atoms with Gasteiger partial charge in [-0.15, -0.1) is 0 Å². The van der Waals surface area contributed by atoms with Crippen LogP contribution in [0.4, 0.5) is 0 Å². The highest BCUT2D eigenvalue weighted by atomic mass is 16.5. The average Bonchev–Trinajstić information content (AvgIpc) is 2.23. The van der Waals surface area contributed by atoms with Crippen molar-refractivity contribution in [2.75, 3.05) is 7.11 Å². The lowest BCUT2D eigenvalue weighted by atomic mass is 9.88. The molecule has 1 atom stereocenters. The molecular formula is C12H19N3O. The van der Waals surface area contributed by atoms with E-state index >= 15 is 0 Å². The van der Waals surface area contributed by atoms with Crippen LogP contribution in [0.25, 0.3) is 0 Å². The van der Waals surface area contributed by atoms with Crippen LogP contribution >= 0.6 is 0 Å². The van der Waals surface area contributed by atoms with Gasteiger partial charge in [-0.05, 0) is 26.7 Å². The van der Waals surface area contributed by atoms with Crippen molar-refractivity contribution in [1.82, 2.24) is 15.3 Å². The fourth-order valence-corrected chi connectivity index (χ4v) is 2.17. The summed E-state index contributed by atoms with van der Waals surface area (Å²) in [6, 6.07) is 0.817. The Morgan fingerprint density at radius 2 is 2.06 bits per heavy atom. The average molecular weight is 221 g/mol. The van der Waals surface area contributed by atoms with Crippen LogP contribution in [0, 0.1) is 6.92 Å². The third-order valence-corrected chi connectivity index (χ3v) is 3.24. The lowest BCUT2D eigenvalue weighted by Crippen LogP contribution is -2.46. The first-order valence-corrected chi connectivity index (χ1v) is 5.77. The molecule has 1 unspecified atom stereocenters. The van der Waals surface area contributed by atoms with Gasteiger partial charge in [-0.25, -0.2) is 0 Å². The molecule has 0 bridgehead atoms. The molecular weight excluding hydrogens is 202 g/mol. The van der Waals surface area contributed by atoms with Crippen molar-refractivity contribution in [3.05, 3.63) is 23.8 Å². The van der Waals surface area contributed by atoms with Gasteiger partial charge in [-0.3, -0.25) is 9.97 Å². The van der Waals surface area contributed by atoms with E-state index in [1.54, 1.807) is 19.5 Å². The summed E-state index contributed by atoms with van der Waals surface area (Å²) in [4.78, 5) is 8.63. The molecule has 1 aromatic heterocycles. The number of ether oxygens (including phenoxy) is 1. The summed E-state index contributed by atoms with van der Waals surface area (Å²) in [6.45, 7) is 4.14. The van der Waals surface area contributed by atoms with E-state index in [1.807, 2.05) is 6.92 Å². The van der Waals surface area contributed by atoms with Crippen molar-refractivity contribution in [2.45, 2.75) is 44.9 Å². The van der Waals surface area contributed by atoms with Gasteiger partial charge in [0.05, 0.1) is 17.5 Å². The fraction of sp³-hybridized carbons (Fsp3) is 0.667. The molecule has 1 fully saturated rings. The molecule has 0 aromatic carbocycles. The van der Waals surface area contributed by atoms with E-state index in [0.717, 1.165) is 24.2 Å². The van der Waals surface area contributed by atoms with Gasteiger partial charge in [-0.2, -0.15) is 0 Å². The predicted octanol–water partition coefficient (Wildman–Crippen LogP) is 1.61. The number of aryl methyl sites for hydroxylation is 1. The smallest absolute Gasteiger partial charge is 0.0782 e. The second-order valence-corrected chi connectivity index (χ2v) is 4.44. The Morgan fingerprint density at radius 1 is 1.38 bits per heavy atom. The molecule has 0 spiro atoms. The molecule has 1 N–H and O–H groups in total. The lowest BCUT2D eigenvalue weighted by Gasteiger charge is -2.36. The molecule has 1 saturated carbocycles. The summed E-state index contributed by atoms with van der Waals surface area (Å²) in [5.41, 5.74) is 2.05. The zero-order valence-corrected chi connectivity index (χ0v) is 10.1. The molecule has 0 aliphatic heterocycles. The third-order valence-electron chi connectivity index (χ3n) is 3.24. The van der Waals surface area contributed by atoms with Crippen molar-refractivity contribution in [3.8, 4) is 0 Å². The zero-order chi connectivity index (χ0) is 11.5. The molecule has 2 rings (SSSR count). The summed E-state index contributed by atoms with van der Waals surface area (Å²) < 4.78 is 5.26. The van der Waals surface area contributed by atoms with Gasteiger partial charge in [0.1, 0.15) is 0 Å². The Kier molecular flexibility index (Phi) is 3.51. The monoisotopic (exact) mass is 221 g/mol. The second-order valence-electron chi connectivity index (χ2n) is 4.44. The number of rotatable bonds is 4. The molecule has 0 radical (unpaired) electrons. The summed E-state index contributed by atoms with van der Waals surface area (Å²) in [7, 11) is 1.77. The molecule has 1 aliphatic rings. The maximum atomic E-state index is 5.26. The first-order valence-electron chi connectivity index (χ1n) is 5.77. The SMILES string of the molecule is COC1CC(NC(C)c2nccnc2C)C1. The number of hydrogen-bond donors (Lipinski definition) is 1. The second kappa shape index (κ2) is 4.89.